The lowest BCUT2D eigenvalue weighted by Gasteiger charge is -2.03. The second-order valence-corrected chi connectivity index (χ2v) is 4.53. The van der Waals surface area contributed by atoms with Crippen molar-refractivity contribution in [2.24, 2.45) is 0 Å². The Morgan fingerprint density at radius 3 is 2.50 bits per heavy atom. The monoisotopic (exact) mass is 269 g/mol. The summed E-state index contributed by atoms with van der Waals surface area (Å²) >= 11 is 0. The first kappa shape index (κ1) is 12.5. The van der Waals surface area contributed by atoms with Crippen LogP contribution < -0.4 is 4.74 Å². The number of benzene rings is 1. The first-order chi connectivity index (χ1) is 9.72. The fourth-order valence-corrected chi connectivity index (χ4v) is 1.89. The van der Waals surface area contributed by atoms with Crippen molar-refractivity contribution in [3.63, 3.8) is 0 Å². The number of nitrogens with zero attached hydrogens (tertiary/aromatic N) is 1. The van der Waals surface area contributed by atoms with Crippen LogP contribution in [0.25, 0.3) is 11.7 Å². The van der Waals surface area contributed by atoms with Gasteiger partial charge in [-0.15, -0.1) is 0 Å². The highest BCUT2D eigenvalue weighted by Gasteiger charge is 2.14. The molecule has 102 valence electrons. The zero-order valence-corrected chi connectivity index (χ0v) is 11.4. The van der Waals surface area contributed by atoms with E-state index >= 15 is 0 Å². The SMILES string of the molecule is Cc1ccc(-c2nc(COc3ccccc3)c(C)o2)o1. The van der Waals surface area contributed by atoms with Gasteiger partial charge in [0.2, 0.25) is 0 Å². The van der Waals surface area contributed by atoms with Gasteiger partial charge >= 0.3 is 0 Å². The van der Waals surface area contributed by atoms with Crippen molar-refractivity contribution >= 4 is 0 Å². The first-order valence-corrected chi connectivity index (χ1v) is 6.43. The molecule has 3 rings (SSSR count). The molecule has 0 atom stereocenters. The van der Waals surface area contributed by atoms with E-state index in [1.165, 1.54) is 0 Å². The number of hydrogen-bond donors (Lipinski definition) is 0. The molecule has 2 heterocycles. The zero-order chi connectivity index (χ0) is 13.9. The van der Waals surface area contributed by atoms with Gasteiger partial charge < -0.3 is 13.6 Å². The van der Waals surface area contributed by atoms with Gasteiger partial charge in [-0.05, 0) is 38.1 Å². The largest absolute Gasteiger partial charge is 0.487 e. The molecule has 0 aliphatic carbocycles. The van der Waals surface area contributed by atoms with E-state index in [1.54, 1.807) is 0 Å². The number of rotatable bonds is 4. The molecule has 0 radical (unpaired) electrons. The van der Waals surface area contributed by atoms with Crippen molar-refractivity contribution in [1.29, 1.82) is 0 Å². The lowest BCUT2D eigenvalue weighted by molar-refractivity contribution is 0.299. The molecule has 0 amide bonds. The Bertz CT molecular complexity index is 698. The number of aryl methyl sites for hydroxylation is 2. The molecule has 0 fully saturated rings. The van der Waals surface area contributed by atoms with Gasteiger partial charge in [0, 0.05) is 0 Å². The lowest BCUT2D eigenvalue weighted by Crippen LogP contribution is -1.97. The van der Waals surface area contributed by atoms with Crippen LogP contribution in [0.4, 0.5) is 0 Å². The molecule has 20 heavy (non-hydrogen) atoms. The van der Waals surface area contributed by atoms with E-state index in [-0.39, 0.29) is 0 Å². The molecule has 0 unspecified atom stereocenters. The van der Waals surface area contributed by atoms with Gasteiger partial charge in [0.15, 0.2) is 5.76 Å². The van der Waals surface area contributed by atoms with E-state index < -0.39 is 0 Å². The van der Waals surface area contributed by atoms with E-state index in [2.05, 4.69) is 4.98 Å². The number of para-hydroxylation sites is 1. The van der Waals surface area contributed by atoms with Crippen molar-refractivity contribution in [3.05, 3.63) is 59.7 Å². The van der Waals surface area contributed by atoms with Gasteiger partial charge in [-0.3, -0.25) is 0 Å². The smallest absolute Gasteiger partial charge is 0.263 e. The molecule has 0 aliphatic heterocycles. The summed E-state index contributed by atoms with van der Waals surface area (Å²) in [4.78, 5) is 4.42. The quantitative estimate of drug-likeness (QED) is 0.714. The predicted octanol–water partition coefficient (Wildman–Crippen LogP) is 4.13. The van der Waals surface area contributed by atoms with Gasteiger partial charge in [-0.2, -0.15) is 0 Å². The number of aromatic nitrogens is 1. The van der Waals surface area contributed by atoms with Gasteiger partial charge in [0.05, 0.1) is 0 Å². The maximum atomic E-state index is 5.67. The third kappa shape index (κ3) is 2.59. The van der Waals surface area contributed by atoms with E-state index in [1.807, 2.05) is 56.3 Å². The Morgan fingerprint density at radius 2 is 1.80 bits per heavy atom. The topological polar surface area (TPSA) is 48.4 Å². The van der Waals surface area contributed by atoms with E-state index in [0.29, 0.717) is 18.3 Å². The second-order valence-electron chi connectivity index (χ2n) is 4.53. The maximum absolute atomic E-state index is 5.67. The molecule has 0 spiro atoms. The van der Waals surface area contributed by atoms with Crippen LogP contribution in [0.15, 0.2) is 51.3 Å². The fourth-order valence-electron chi connectivity index (χ4n) is 1.89. The Kier molecular flexibility index (Phi) is 3.29. The highest BCUT2D eigenvalue weighted by Crippen LogP contribution is 2.24. The number of hydrogen-bond acceptors (Lipinski definition) is 4. The summed E-state index contributed by atoms with van der Waals surface area (Å²) in [7, 11) is 0. The number of oxazole rings is 1. The predicted molar refractivity (Wildman–Crippen MR) is 74.5 cm³/mol. The van der Waals surface area contributed by atoms with Gasteiger partial charge in [0.1, 0.15) is 29.6 Å². The van der Waals surface area contributed by atoms with Crippen LogP contribution >= 0.6 is 0 Å². The van der Waals surface area contributed by atoms with E-state index in [0.717, 1.165) is 23.0 Å². The number of ether oxygens (including phenoxy) is 1. The molecule has 4 heteroatoms. The maximum Gasteiger partial charge on any atom is 0.263 e. The Morgan fingerprint density at radius 1 is 1.00 bits per heavy atom. The van der Waals surface area contributed by atoms with Crippen LogP contribution in [-0.4, -0.2) is 4.98 Å². The molecule has 0 N–H and O–H groups in total. The van der Waals surface area contributed by atoms with Crippen LogP contribution in [0.5, 0.6) is 5.75 Å². The van der Waals surface area contributed by atoms with Crippen LogP contribution in [0, 0.1) is 13.8 Å². The summed E-state index contributed by atoms with van der Waals surface area (Å²) in [6.07, 6.45) is 0. The van der Waals surface area contributed by atoms with E-state index in [9.17, 15) is 0 Å². The highest BCUT2D eigenvalue weighted by atomic mass is 16.5. The minimum absolute atomic E-state index is 0.374. The average Bonchev–Trinajstić information content (AvgIpc) is 3.04. The molecule has 3 aromatic rings. The van der Waals surface area contributed by atoms with Crippen LogP contribution in [0.2, 0.25) is 0 Å². The second kappa shape index (κ2) is 5.25. The molecule has 0 saturated heterocycles. The molecule has 4 nitrogen and oxygen atoms in total. The van der Waals surface area contributed by atoms with Crippen molar-refractivity contribution in [1.82, 2.24) is 4.98 Å². The van der Waals surface area contributed by atoms with Crippen molar-refractivity contribution in [2.75, 3.05) is 0 Å². The molecule has 0 bridgehead atoms. The molecular formula is C16H15NO3. The summed E-state index contributed by atoms with van der Waals surface area (Å²) in [5.74, 6) is 3.51. The third-order valence-corrected chi connectivity index (χ3v) is 2.96. The summed E-state index contributed by atoms with van der Waals surface area (Å²) in [5.41, 5.74) is 0.776. The third-order valence-electron chi connectivity index (χ3n) is 2.96. The fraction of sp³-hybridized carbons (Fsp3) is 0.188. The van der Waals surface area contributed by atoms with Crippen LogP contribution in [0.3, 0.4) is 0 Å². The molecule has 2 aromatic heterocycles. The van der Waals surface area contributed by atoms with Gasteiger partial charge in [-0.1, -0.05) is 18.2 Å². The number of furan rings is 1. The van der Waals surface area contributed by atoms with Crippen molar-refractivity contribution in [2.45, 2.75) is 20.5 Å². The van der Waals surface area contributed by atoms with Crippen molar-refractivity contribution < 1.29 is 13.6 Å². The minimum atomic E-state index is 0.374. The molecule has 0 aliphatic rings. The Labute approximate surface area is 117 Å². The summed E-state index contributed by atoms with van der Waals surface area (Å²) in [5, 5.41) is 0. The standard InChI is InChI=1S/C16H15NO3/c1-11-8-9-15(19-11)16-17-14(12(2)20-16)10-18-13-6-4-3-5-7-13/h3-9H,10H2,1-2H3. The normalized spacial score (nSPS) is 10.7. The lowest BCUT2D eigenvalue weighted by atomic mass is 10.3. The van der Waals surface area contributed by atoms with E-state index in [4.69, 9.17) is 13.6 Å². The minimum Gasteiger partial charge on any atom is -0.487 e. The Hall–Kier alpha value is -2.49. The van der Waals surface area contributed by atoms with Gasteiger partial charge in [-0.25, -0.2) is 4.98 Å². The summed E-state index contributed by atoms with van der Waals surface area (Å²) in [6, 6.07) is 13.4. The molecule has 0 saturated carbocycles. The molecule has 1 aromatic carbocycles. The molecular weight excluding hydrogens is 254 g/mol. The zero-order valence-electron chi connectivity index (χ0n) is 11.4. The first-order valence-electron chi connectivity index (χ1n) is 6.43. The highest BCUT2D eigenvalue weighted by molar-refractivity contribution is 5.45. The van der Waals surface area contributed by atoms with Crippen LogP contribution in [-0.2, 0) is 6.61 Å². The Balaban J connectivity index is 1.76. The summed E-state index contributed by atoms with van der Waals surface area (Å²) < 4.78 is 16.8. The van der Waals surface area contributed by atoms with Crippen LogP contribution in [0.1, 0.15) is 17.2 Å². The van der Waals surface area contributed by atoms with Crippen molar-refractivity contribution in [3.8, 4) is 17.4 Å². The average molecular weight is 269 g/mol. The van der Waals surface area contributed by atoms with Gasteiger partial charge in [0.25, 0.3) is 5.89 Å². The summed E-state index contributed by atoms with van der Waals surface area (Å²) in [6.45, 7) is 4.13.